The van der Waals surface area contributed by atoms with E-state index >= 15 is 0 Å². The first-order chi connectivity index (χ1) is 13.1. The predicted octanol–water partition coefficient (Wildman–Crippen LogP) is 1.76. The van der Waals surface area contributed by atoms with E-state index in [-0.39, 0.29) is 0 Å². The lowest BCUT2D eigenvalue weighted by molar-refractivity contribution is 0.102. The fourth-order valence-corrected chi connectivity index (χ4v) is 5.33. The molecule has 7 heteroatoms. The minimum absolute atomic E-state index is 0.523. The van der Waals surface area contributed by atoms with Crippen LogP contribution in [0.3, 0.4) is 0 Å². The van der Waals surface area contributed by atoms with Crippen LogP contribution in [-0.2, 0) is 16.8 Å². The lowest BCUT2D eigenvalue weighted by Gasteiger charge is -2.38. The van der Waals surface area contributed by atoms with Crippen LogP contribution < -0.4 is 4.72 Å². The Morgan fingerprint density at radius 1 is 0.963 bits per heavy atom. The average molecular weight is 395 g/mol. The van der Waals surface area contributed by atoms with Crippen LogP contribution in [0.2, 0.25) is 0 Å². The minimum atomic E-state index is -3.28. The van der Waals surface area contributed by atoms with Crippen molar-refractivity contribution in [3.05, 3.63) is 35.9 Å². The monoisotopic (exact) mass is 394 g/mol. The molecule has 0 bridgehead atoms. The summed E-state index contributed by atoms with van der Waals surface area (Å²) in [6.07, 6.45) is 2.76. The number of benzene rings is 1. The predicted molar refractivity (Wildman–Crippen MR) is 110 cm³/mol. The first-order valence-electron chi connectivity index (χ1n) is 10.3. The highest BCUT2D eigenvalue weighted by molar-refractivity contribution is 7.87. The molecule has 0 atom stereocenters. The summed E-state index contributed by atoms with van der Waals surface area (Å²) < 4.78 is 28.8. The summed E-state index contributed by atoms with van der Waals surface area (Å²) in [5, 5.41) is 0. The first kappa shape index (κ1) is 20.7. The van der Waals surface area contributed by atoms with E-state index in [0.717, 1.165) is 58.5 Å². The summed E-state index contributed by atoms with van der Waals surface area (Å²) in [7, 11) is -3.28. The van der Waals surface area contributed by atoms with Gasteiger partial charge in [0.2, 0.25) is 0 Å². The summed E-state index contributed by atoms with van der Waals surface area (Å²) in [6.45, 7) is 10.4. The highest BCUT2D eigenvalue weighted by Crippen LogP contribution is 2.21. The van der Waals surface area contributed by atoms with Gasteiger partial charge in [0.15, 0.2) is 0 Å². The van der Waals surface area contributed by atoms with E-state index in [1.54, 1.807) is 4.31 Å². The van der Waals surface area contributed by atoms with Gasteiger partial charge < -0.3 is 4.90 Å². The van der Waals surface area contributed by atoms with Crippen molar-refractivity contribution in [3.8, 4) is 0 Å². The summed E-state index contributed by atoms with van der Waals surface area (Å²) in [5.41, 5.74) is 1.39. The Kier molecular flexibility index (Phi) is 7.66. The second kappa shape index (κ2) is 9.98. The average Bonchev–Trinajstić information content (AvgIpc) is 2.69. The Labute approximate surface area is 164 Å². The molecular weight excluding hydrogens is 360 g/mol. The Morgan fingerprint density at radius 3 is 2.22 bits per heavy atom. The molecule has 3 rings (SSSR count). The van der Waals surface area contributed by atoms with Gasteiger partial charge in [-0.15, -0.1) is 0 Å². The molecular formula is C20H34N4O2S. The van der Waals surface area contributed by atoms with Crippen LogP contribution in [0.4, 0.5) is 0 Å². The van der Waals surface area contributed by atoms with Gasteiger partial charge in [-0.25, -0.2) is 4.72 Å². The largest absolute Gasteiger partial charge is 0.301 e. The fourth-order valence-electron chi connectivity index (χ4n) is 3.99. The summed E-state index contributed by atoms with van der Waals surface area (Å²) in [4.78, 5) is 5.09. The van der Waals surface area contributed by atoms with Crippen molar-refractivity contribution >= 4 is 10.2 Å². The SMILES string of the molecule is CCCNS(=O)(=O)N1CCC(CN2CCN(Cc3ccccc3)CC2)CC1. The van der Waals surface area contributed by atoms with Crippen molar-refractivity contribution in [1.29, 1.82) is 0 Å². The van der Waals surface area contributed by atoms with Crippen LogP contribution in [0.15, 0.2) is 30.3 Å². The molecule has 0 saturated carbocycles. The third kappa shape index (κ3) is 6.26. The Bertz CT molecular complexity index is 652. The van der Waals surface area contributed by atoms with Crippen LogP contribution in [0, 0.1) is 5.92 Å². The molecule has 0 aliphatic carbocycles. The summed E-state index contributed by atoms with van der Waals surface area (Å²) >= 11 is 0. The zero-order valence-electron chi connectivity index (χ0n) is 16.5. The molecule has 1 aromatic rings. The van der Waals surface area contributed by atoms with E-state index in [4.69, 9.17) is 0 Å². The molecule has 2 saturated heterocycles. The van der Waals surface area contributed by atoms with Crippen LogP contribution >= 0.6 is 0 Å². The van der Waals surface area contributed by atoms with Gasteiger partial charge in [-0.1, -0.05) is 37.3 Å². The van der Waals surface area contributed by atoms with Crippen LogP contribution in [0.25, 0.3) is 0 Å². The second-order valence-electron chi connectivity index (χ2n) is 7.80. The smallest absolute Gasteiger partial charge is 0.279 e. The Morgan fingerprint density at radius 2 is 1.59 bits per heavy atom. The van der Waals surface area contributed by atoms with Gasteiger partial charge in [0.25, 0.3) is 10.2 Å². The molecule has 0 amide bonds. The summed E-state index contributed by atoms with van der Waals surface area (Å²) in [6, 6.07) is 10.7. The van der Waals surface area contributed by atoms with Crippen molar-refractivity contribution in [2.24, 2.45) is 5.92 Å². The standard InChI is InChI=1S/C20H34N4O2S/c1-2-10-21-27(25,26)24-11-8-20(9-12-24)18-23-15-13-22(14-16-23)17-19-6-4-3-5-7-19/h3-7,20-21H,2,8-18H2,1H3. The molecule has 27 heavy (non-hydrogen) atoms. The molecule has 2 heterocycles. The number of nitrogens with one attached hydrogen (secondary N) is 1. The number of nitrogens with zero attached hydrogens (tertiary/aromatic N) is 3. The van der Waals surface area contributed by atoms with Gasteiger partial charge in [-0.05, 0) is 30.7 Å². The molecule has 2 aliphatic heterocycles. The molecule has 6 nitrogen and oxygen atoms in total. The van der Waals surface area contributed by atoms with Crippen LogP contribution in [0.1, 0.15) is 31.7 Å². The molecule has 0 radical (unpaired) electrons. The maximum Gasteiger partial charge on any atom is 0.279 e. The van der Waals surface area contributed by atoms with Crippen molar-refractivity contribution in [1.82, 2.24) is 18.8 Å². The van der Waals surface area contributed by atoms with Crippen LogP contribution in [-0.4, -0.2) is 74.9 Å². The Hall–Kier alpha value is -0.990. The number of piperazine rings is 1. The maximum absolute atomic E-state index is 12.2. The van der Waals surface area contributed by atoms with E-state index in [1.807, 2.05) is 6.92 Å². The van der Waals surface area contributed by atoms with E-state index in [2.05, 4.69) is 44.9 Å². The van der Waals surface area contributed by atoms with Crippen LogP contribution in [0.5, 0.6) is 0 Å². The molecule has 0 aromatic heterocycles. The zero-order chi connectivity index (χ0) is 19.1. The van der Waals surface area contributed by atoms with Crippen molar-refractivity contribution in [3.63, 3.8) is 0 Å². The van der Waals surface area contributed by atoms with E-state index in [9.17, 15) is 8.42 Å². The van der Waals surface area contributed by atoms with Gasteiger partial charge in [-0.2, -0.15) is 12.7 Å². The van der Waals surface area contributed by atoms with Gasteiger partial charge >= 0.3 is 0 Å². The molecule has 2 fully saturated rings. The third-order valence-electron chi connectivity index (χ3n) is 5.68. The second-order valence-corrected chi connectivity index (χ2v) is 9.56. The highest BCUT2D eigenvalue weighted by Gasteiger charge is 2.29. The quantitative estimate of drug-likeness (QED) is 0.730. The topological polar surface area (TPSA) is 55.9 Å². The number of hydrogen-bond donors (Lipinski definition) is 1. The number of hydrogen-bond acceptors (Lipinski definition) is 4. The number of rotatable bonds is 8. The van der Waals surface area contributed by atoms with Gasteiger partial charge in [0.1, 0.15) is 0 Å². The molecule has 0 spiro atoms. The molecule has 1 N–H and O–H groups in total. The lowest BCUT2D eigenvalue weighted by atomic mass is 9.97. The minimum Gasteiger partial charge on any atom is -0.301 e. The van der Waals surface area contributed by atoms with Crippen molar-refractivity contribution in [2.45, 2.75) is 32.7 Å². The summed E-state index contributed by atoms with van der Waals surface area (Å²) in [5.74, 6) is 0.614. The van der Waals surface area contributed by atoms with Gasteiger partial charge in [0.05, 0.1) is 0 Å². The zero-order valence-corrected chi connectivity index (χ0v) is 17.3. The highest BCUT2D eigenvalue weighted by atomic mass is 32.2. The number of piperidine rings is 1. The molecule has 152 valence electrons. The van der Waals surface area contributed by atoms with Crippen molar-refractivity contribution < 1.29 is 8.42 Å². The van der Waals surface area contributed by atoms with Crippen molar-refractivity contribution in [2.75, 3.05) is 52.4 Å². The first-order valence-corrected chi connectivity index (χ1v) is 11.7. The normalized spacial score (nSPS) is 21.5. The molecule has 2 aliphatic rings. The lowest BCUT2D eigenvalue weighted by Crippen LogP contribution is -2.49. The molecule has 0 unspecified atom stereocenters. The van der Waals surface area contributed by atoms with E-state index in [0.29, 0.717) is 25.6 Å². The van der Waals surface area contributed by atoms with E-state index < -0.39 is 10.2 Å². The van der Waals surface area contributed by atoms with E-state index in [1.165, 1.54) is 5.56 Å². The van der Waals surface area contributed by atoms with Gasteiger partial charge in [0, 0.05) is 58.9 Å². The molecule has 1 aromatic carbocycles. The third-order valence-corrected chi connectivity index (χ3v) is 7.29. The fraction of sp³-hybridized carbons (Fsp3) is 0.700. The maximum atomic E-state index is 12.2. The Balaban J connectivity index is 1.37. The van der Waals surface area contributed by atoms with Gasteiger partial charge in [-0.3, -0.25) is 4.90 Å².